The zero-order valence-electron chi connectivity index (χ0n) is 19.3. The number of halogens is 1. The minimum absolute atomic E-state index is 0. The van der Waals surface area contributed by atoms with Gasteiger partial charge in [0, 0.05) is 25.4 Å². The molecule has 0 saturated heterocycles. The molecule has 0 aliphatic heterocycles. The lowest BCUT2D eigenvalue weighted by atomic mass is 9.73. The van der Waals surface area contributed by atoms with E-state index in [0.717, 1.165) is 49.5 Å². The Morgan fingerprint density at radius 3 is 2.29 bits per heavy atom. The summed E-state index contributed by atoms with van der Waals surface area (Å²) in [5.74, 6) is 2.19. The van der Waals surface area contributed by atoms with Crippen LogP contribution in [0, 0.1) is 30.0 Å². The van der Waals surface area contributed by atoms with Crippen LogP contribution >= 0.6 is 0 Å². The third-order valence-corrected chi connectivity index (χ3v) is 9.21. The summed E-state index contributed by atoms with van der Waals surface area (Å²) in [6.07, 6.45) is 18.0. The molecule has 4 aliphatic carbocycles. The lowest BCUT2D eigenvalue weighted by Crippen LogP contribution is -2.28. The number of Topliss-reactive ketones (excluding diaryl/α,β-unsaturated/α-hetero) is 1. The molecule has 0 aromatic heterocycles. The molecule has 31 heavy (non-hydrogen) atoms. The summed E-state index contributed by atoms with van der Waals surface area (Å²) in [5.41, 5.74) is 1.93. The lowest BCUT2D eigenvalue weighted by molar-refractivity contribution is -0.120. The fourth-order valence-electron chi connectivity index (χ4n) is 6.99. The molecule has 1 atom stereocenters. The number of ketones is 1. The monoisotopic (exact) mass is 428 g/mol. The number of hydrogen-bond donors (Lipinski definition) is 0. The molecule has 2 nitrogen and oxygen atoms in total. The van der Waals surface area contributed by atoms with Gasteiger partial charge in [0.15, 0.2) is 0 Å². The van der Waals surface area contributed by atoms with Gasteiger partial charge in [-0.2, -0.15) is 0 Å². The van der Waals surface area contributed by atoms with Crippen LogP contribution in [0.1, 0.15) is 115 Å². The van der Waals surface area contributed by atoms with Gasteiger partial charge >= 0.3 is 0 Å². The molecule has 0 unspecified atom stereocenters. The maximum absolute atomic E-state index is 15.2. The van der Waals surface area contributed by atoms with E-state index in [4.69, 9.17) is 4.74 Å². The van der Waals surface area contributed by atoms with Crippen LogP contribution in [0.25, 0.3) is 0 Å². The van der Waals surface area contributed by atoms with Crippen molar-refractivity contribution in [3.63, 3.8) is 0 Å². The highest BCUT2D eigenvalue weighted by molar-refractivity contribution is 5.86. The van der Waals surface area contributed by atoms with Crippen LogP contribution in [0.3, 0.4) is 0 Å². The molecular weight excluding hydrogens is 387 g/mol. The van der Waals surface area contributed by atoms with Crippen molar-refractivity contribution in [1.29, 1.82) is 0 Å². The molecule has 4 aliphatic rings. The van der Waals surface area contributed by atoms with E-state index in [9.17, 15) is 4.79 Å². The standard InChI is InChI=1S/C28H39FO2.H2/c1-19-17-23(31-22-9-7-21(8-10-22)20-5-3-2-4-6-20)18-25(29)27(19)24-11-13-28(15-16-28)14-12-26(24)30;/h17-18,20-22,24H,2-16H2,1H3;1H/t21?,22?,24-;/m0./s1. The maximum Gasteiger partial charge on any atom is 0.140 e. The van der Waals surface area contributed by atoms with Crippen molar-refractivity contribution in [2.75, 3.05) is 0 Å². The molecule has 1 aromatic carbocycles. The minimum atomic E-state index is -0.264. The summed E-state index contributed by atoms with van der Waals surface area (Å²) < 4.78 is 21.5. The first-order valence-corrected chi connectivity index (χ1v) is 13.0. The van der Waals surface area contributed by atoms with Crippen molar-refractivity contribution in [3.8, 4) is 5.75 Å². The Labute approximate surface area is 188 Å². The van der Waals surface area contributed by atoms with E-state index in [1.807, 2.05) is 13.0 Å². The summed E-state index contributed by atoms with van der Waals surface area (Å²) in [4.78, 5) is 12.8. The van der Waals surface area contributed by atoms with E-state index >= 15 is 4.39 Å². The van der Waals surface area contributed by atoms with Crippen molar-refractivity contribution in [3.05, 3.63) is 29.1 Å². The predicted octanol–water partition coefficient (Wildman–Crippen LogP) is 7.90. The highest BCUT2D eigenvalue weighted by atomic mass is 19.1. The molecule has 5 rings (SSSR count). The number of aryl methyl sites for hydroxylation is 1. The third-order valence-electron chi connectivity index (χ3n) is 9.21. The largest absolute Gasteiger partial charge is 0.490 e. The van der Waals surface area contributed by atoms with Gasteiger partial charge in [0.1, 0.15) is 17.3 Å². The van der Waals surface area contributed by atoms with Gasteiger partial charge in [0.05, 0.1) is 6.10 Å². The molecule has 0 N–H and O–H groups in total. The average Bonchev–Trinajstić information content (AvgIpc) is 3.57. The number of carbonyl (C=O) groups is 1. The Balaban J connectivity index is 0.00000245. The van der Waals surface area contributed by atoms with Crippen LogP contribution in [0.5, 0.6) is 5.75 Å². The van der Waals surface area contributed by atoms with E-state index in [2.05, 4.69) is 0 Å². The summed E-state index contributed by atoms with van der Waals surface area (Å²) in [6.45, 7) is 1.95. The summed E-state index contributed by atoms with van der Waals surface area (Å²) in [5, 5.41) is 0. The Bertz CT molecular complexity index is 781. The van der Waals surface area contributed by atoms with E-state index in [-0.39, 0.29) is 25.0 Å². The Morgan fingerprint density at radius 1 is 0.903 bits per heavy atom. The van der Waals surface area contributed by atoms with Gasteiger partial charge in [0.25, 0.3) is 0 Å². The highest BCUT2D eigenvalue weighted by Gasteiger charge is 2.45. The van der Waals surface area contributed by atoms with E-state index < -0.39 is 0 Å². The van der Waals surface area contributed by atoms with Crippen molar-refractivity contribution < 1.29 is 15.3 Å². The second-order valence-corrected chi connectivity index (χ2v) is 11.2. The first-order valence-electron chi connectivity index (χ1n) is 13.0. The molecular formula is C28H41FO2. The van der Waals surface area contributed by atoms with Gasteiger partial charge in [-0.05, 0) is 93.6 Å². The molecule has 0 heterocycles. The van der Waals surface area contributed by atoms with Crippen LogP contribution in [-0.4, -0.2) is 11.9 Å². The third kappa shape index (κ3) is 4.71. The number of hydrogen-bond acceptors (Lipinski definition) is 2. The zero-order valence-corrected chi connectivity index (χ0v) is 19.3. The average molecular weight is 429 g/mol. The first kappa shape index (κ1) is 21.5. The smallest absolute Gasteiger partial charge is 0.140 e. The van der Waals surface area contributed by atoms with Gasteiger partial charge in [-0.3, -0.25) is 4.79 Å². The van der Waals surface area contributed by atoms with Crippen LogP contribution in [0.4, 0.5) is 4.39 Å². The molecule has 4 fully saturated rings. The van der Waals surface area contributed by atoms with Gasteiger partial charge in [-0.25, -0.2) is 4.39 Å². The van der Waals surface area contributed by atoms with Gasteiger partial charge in [-0.15, -0.1) is 0 Å². The summed E-state index contributed by atoms with van der Waals surface area (Å²) >= 11 is 0. The zero-order chi connectivity index (χ0) is 21.4. The van der Waals surface area contributed by atoms with Crippen LogP contribution in [0.2, 0.25) is 0 Å². The Morgan fingerprint density at radius 2 is 1.61 bits per heavy atom. The van der Waals surface area contributed by atoms with E-state index in [0.29, 0.717) is 23.1 Å². The van der Waals surface area contributed by atoms with Crippen molar-refractivity contribution in [2.45, 2.75) is 115 Å². The number of ether oxygens (including phenoxy) is 1. The predicted molar refractivity (Wildman–Crippen MR) is 124 cm³/mol. The quantitative estimate of drug-likeness (QED) is 0.487. The van der Waals surface area contributed by atoms with Crippen molar-refractivity contribution >= 4 is 5.78 Å². The molecule has 1 aromatic rings. The number of carbonyl (C=O) groups excluding carboxylic acids is 1. The molecule has 172 valence electrons. The minimum Gasteiger partial charge on any atom is -0.490 e. The van der Waals surface area contributed by atoms with E-state index in [1.165, 1.54) is 57.8 Å². The fraction of sp³-hybridized carbons (Fsp3) is 0.750. The molecule has 0 amide bonds. The summed E-state index contributed by atoms with van der Waals surface area (Å²) in [7, 11) is 0. The molecule has 0 bridgehead atoms. The van der Waals surface area contributed by atoms with Crippen molar-refractivity contribution in [1.82, 2.24) is 0 Å². The van der Waals surface area contributed by atoms with Crippen LogP contribution in [-0.2, 0) is 4.79 Å². The second kappa shape index (κ2) is 8.87. The second-order valence-electron chi connectivity index (χ2n) is 11.2. The van der Waals surface area contributed by atoms with E-state index in [1.54, 1.807) is 6.07 Å². The molecule has 0 radical (unpaired) electrons. The maximum atomic E-state index is 15.2. The van der Waals surface area contributed by atoms with Gasteiger partial charge in [-0.1, -0.05) is 32.1 Å². The van der Waals surface area contributed by atoms with Crippen LogP contribution < -0.4 is 4.74 Å². The SMILES string of the molecule is Cc1cc(OC2CCC(C3CCCCC3)CC2)cc(F)c1[C@H]1CCC2(CCC1=O)CC2.[HH]. The molecule has 3 heteroatoms. The van der Waals surface area contributed by atoms with Gasteiger partial charge < -0.3 is 4.74 Å². The normalized spacial score (nSPS) is 31.4. The highest BCUT2D eigenvalue weighted by Crippen LogP contribution is 2.56. The molecule has 4 saturated carbocycles. The Kier molecular flexibility index (Phi) is 6.14. The fourth-order valence-corrected chi connectivity index (χ4v) is 6.99. The topological polar surface area (TPSA) is 26.3 Å². The van der Waals surface area contributed by atoms with Crippen molar-refractivity contribution in [2.24, 2.45) is 17.3 Å². The van der Waals surface area contributed by atoms with Gasteiger partial charge in [0.2, 0.25) is 0 Å². The number of rotatable bonds is 4. The first-order chi connectivity index (χ1) is 15.0. The Hall–Kier alpha value is -1.38. The number of benzene rings is 1. The summed E-state index contributed by atoms with van der Waals surface area (Å²) in [6, 6.07) is 3.54. The van der Waals surface area contributed by atoms with Crippen LogP contribution in [0.15, 0.2) is 12.1 Å². The molecule has 1 spiro atoms. The lowest BCUT2D eigenvalue weighted by Gasteiger charge is -2.36.